The average Bonchev–Trinajstić information content (AvgIpc) is 2.51. The Morgan fingerprint density at radius 1 is 1.32 bits per heavy atom. The van der Waals surface area contributed by atoms with Crippen LogP contribution in [0.2, 0.25) is 0 Å². The number of piperidine rings is 1. The number of likely N-dealkylation sites (tertiary alicyclic amines) is 1. The fraction of sp³-hybridized carbons (Fsp3) is 0.529. The van der Waals surface area contributed by atoms with Gasteiger partial charge >= 0.3 is 12.0 Å². The van der Waals surface area contributed by atoms with Crippen molar-refractivity contribution >= 4 is 17.7 Å². The zero-order chi connectivity index (χ0) is 16.1. The Labute approximate surface area is 131 Å². The van der Waals surface area contributed by atoms with E-state index in [9.17, 15) is 9.59 Å². The lowest BCUT2D eigenvalue weighted by Crippen LogP contribution is -2.44. The Hall–Kier alpha value is -2.04. The summed E-state index contributed by atoms with van der Waals surface area (Å²) in [4.78, 5) is 25.9. The standard InChI is InChI=1S/C17H24N2O3/c1-4-22-16(20)14-6-5-9-19(11-14)17(21)18-15-8-7-12(2)13(3)10-15/h7-8,10,14H,4-6,9,11H2,1-3H3,(H,18,21)/t14-/m1/s1. The Morgan fingerprint density at radius 3 is 2.77 bits per heavy atom. The first kappa shape index (κ1) is 16.3. The molecule has 0 bridgehead atoms. The van der Waals surface area contributed by atoms with Crippen molar-refractivity contribution in [1.29, 1.82) is 0 Å². The monoisotopic (exact) mass is 304 g/mol. The summed E-state index contributed by atoms with van der Waals surface area (Å²) in [5, 5.41) is 2.91. The van der Waals surface area contributed by atoms with Crippen LogP contribution in [0.4, 0.5) is 10.5 Å². The number of carbonyl (C=O) groups is 2. The maximum absolute atomic E-state index is 12.4. The molecule has 1 aromatic rings. The van der Waals surface area contributed by atoms with E-state index >= 15 is 0 Å². The smallest absolute Gasteiger partial charge is 0.321 e. The van der Waals surface area contributed by atoms with Gasteiger partial charge in [-0.3, -0.25) is 4.79 Å². The maximum atomic E-state index is 12.4. The van der Waals surface area contributed by atoms with E-state index in [1.165, 1.54) is 5.56 Å². The van der Waals surface area contributed by atoms with Gasteiger partial charge in [0.25, 0.3) is 0 Å². The van der Waals surface area contributed by atoms with Gasteiger partial charge in [-0.25, -0.2) is 4.79 Å². The summed E-state index contributed by atoms with van der Waals surface area (Å²) in [5.41, 5.74) is 3.12. The third kappa shape index (κ3) is 4.00. The van der Waals surface area contributed by atoms with E-state index in [0.29, 0.717) is 19.7 Å². The minimum atomic E-state index is -0.209. The number of benzene rings is 1. The van der Waals surface area contributed by atoms with Crippen LogP contribution < -0.4 is 5.32 Å². The van der Waals surface area contributed by atoms with E-state index in [4.69, 9.17) is 4.74 Å². The van der Waals surface area contributed by atoms with Crippen LogP contribution in [0.3, 0.4) is 0 Å². The molecule has 1 N–H and O–H groups in total. The molecule has 1 saturated heterocycles. The van der Waals surface area contributed by atoms with E-state index in [2.05, 4.69) is 5.32 Å². The predicted molar refractivity (Wildman–Crippen MR) is 85.9 cm³/mol. The first-order valence-corrected chi connectivity index (χ1v) is 7.81. The second-order valence-electron chi connectivity index (χ2n) is 5.77. The molecular formula is C17H24N2O3. The quantitative estimate of drug-likeness (QED) is 0.873. The number of carbonyl (C=O) groups excluding carboxylic acids is 2. The summed E-state index contributed by atoms with van der Waals surface area (Å²) in [5.74, 6) is -0.412. The lowest BCUT2D eigenvalue weighted by Gasteiger charge is -2.31. The molecule has 0 saturated carbocycles. The van der Waals surface area contributed by atoms with Crippen LogP contribution in [0, 0.1) is 19.8 Å². The first-order valence-electron chi connectivity index (χ1n) is 7.81. The zero-order valence-corrected chi connectivity index (χ0v) is 13.5. The lowest BCUT2D eigenvalue weighted by molar-refractivity contribution is -0.149. The molecule has 22 heavy (non-hydrogen) atoms. The van der Waals surface area contributed by atoms with E-state index in [1.807, 2.05) is 32.0 Å². The van der Waals surface area contributed by atoms with Crippen LogP contribution in [0.25, 0.3) is 0 Å². The normalized spacial score (nSPS) is 18.0. The summed E-state index contributed by atoms with van der Waals surface area (Å²) in [6.07, 6.45) is 1.61. The van der Waals surface area contributed by atoms with E-state index < -0.39 is 0 Å². The summed E-state index contributed by atoms with van der Waals surface area (Å²) < 4.78 is 5.06. The fourth-order valence-electron chi connectivity index (χ4n) is 2.64. The van der Waals surface area contributed by atoms with E-state index in [-0.39, 0.29) is 17.9 Å². The molecule has 1 aromatic carbocycles. The molecular weight excluding hydrogens is 280 g/mol. The molecule has 0 radical (unpaired) electrons. The van der Waals surface area contributed by atoms with Crippen LogP contribution in [0.15, 0.2) is 18.2 Å². The lowest BCUT2D eigenvalue weighted by atomic mass is 9.98. The van der Waals surface area contributed by atoms with E-state index in [0.717, 1.165) is 24.1 Å². The number of ether oxygens (including phenoxy) is 1. The van der Waals surface area contributed by atoms with Gasteiger partial charge in [0.05, 0.1) is 12.5 Å². The molecule has 2 rings (SSSR count). The molecule has 0 spiro atoms. The van der Waals surface area contributed by atoms with Crippen molar-refractivity contribution in [3.63, 3.8) is 0 Å². The van der Waals surface area contributed by atoms with Crippen LogP contribution >= 0.6 is 0 Å². The number of anilines is 1. The molecule has 1 atom stereocenters. The van der Waals surface area contributed by atoms with Gasteiger partial charge in [0, 0.05) is 18.8 Å². The Bertz CT molecular complexity index is 557. The number of amides is 2. The molecule has 0 aliphatic carbocycles. The SMILES string of the molecule is CCOC(=O)[C@@H]1CCCN(C(=O)Nc2ccc(C)c(C)c2)C1. The molecule has 0 aromatic heterocycles. The van der Waals surface area contributed by atoms with Crippen molar-refractivity contribution < 1.29 is 14.3 Å². The Kier molecular flexibility index (Phi) is 5.41. The fourth-order valence-corrected chi connectivity index (χ4v) is 2.64. The van der Waals surface area contributed by atoms with Crippen molar-refractivity contribution in [2.75, 3.05) is 25.0 Å². The van der Waals surface area contributed by atoms with Gasteiger partial charge in [-0.15, -0.1) is 0 Å². The van der Waals surface area contributed by atoms with Crippen LogP contribution in [0.5, 0.6) is 0 Å². The number of rotatable bonds is 3. The number of urea groups is 1. The third-order valence-electron chi connectivity index (χ3n) is 4.09. The van der Waals surface area contributed by atoms with Gasteiger partial charge in [-0.05, 0) is 56.9 Å². The van der Waals surface area contributed by atoms with Gasteiger partial charge in [-0.2, -0.15) is 0 Å². The highest BCUT2D eigenvalue weighted by Crippen LogP contribution is 2.20. The van der Waals surface area contributed by atoms with Gasteiger partial charge in [0.2, 0.25) is 0 Å². The number of esters is 1. The second-order valence-corrected chi connectivity index (χ2v) is 5.77. The van der Waals surface area contributed by atoms with Crippen molar-refractivity contribution in [3.05, 3.63) is 29.3 Å². The molecule has 120 valence electrons. The largest absolute Gasteiger partial charge is 0.466 e. The zero-order valence-electron chi connectivity index (χ0n) is 13.5. The van der Waals surface area contributed by atoms with Gasteiger partial charge in [0.1, 0.15) is 0 Å². The molecule has 5 nitrogen and oxygen atoms in total. The molecule has 0 unspecified atom stereocenters. The molecule has 1 aliphatic heterocycles. The third-order valence-corrected chi connectivity index (χ3v) is 4.09. The molecule has 1 heterocycles. The molecule has 2 amide bonds. The number of aryl methyl sites for hydroxylation is 2. The highest BCUT2D eigenvalue weighted by atomic mass is 16.5. The van der Waals surface area contributed by atoms with Crippen LogP contribution in [0.1, 0.15) is 30.9 Å². The molecule has 1 aliphatic rings. The summed E-state index contributed by atoms with van der Waals surface area (Å²) in [7, 11) is 0. The number of hydrogen-bond acceptors (Lipinski definition) is 3. The maximum Gasteiger partial charge on any atom is 0.321 e. The van der Waals surface area contributed by atoms with Crippen molar-refractivity contribution in [2.45, 2.75) is 33.6 Å². The summed E-state index contributed by atoms with van der Waals surface area (Å²) >= 11 is 0. The first-order chi connectivity index (χ1) is 10.5. The van der Waals surface area contributed by atoms with Gasteiger partial charge in [-0.1, -0.05) is 6.07 Å². The highest BCUT2D eigenvalue weighted by Gasteiger charge is 2.29. The average molecular weight is 304 g/mol. The van der Waals surface area contributed by atoms with Gasteiger partial charge < -0.3 is 15.0 Å². The van der Waals surface area contributed by atoms with E-state index in [1.54, 1.807) is 11.8 Å². The summed E-state index contributed by atoms with van der Waals surface area (Å²) in [6, 6.07) is 5.69. The summed E-state index contributed by atoms with van der Waals surface area (Å²) in [6.45, 7) is 7.33. The topological polar surface area (TPSA) is 58.6 Å². The van der Waals surface area contributed by atoms with Crippen LogP contribution in [-0.2, 0) is 9.53 Å². The molecule has 5 heteroatoms. The Balaban J connectivity index is 1.96. The molecule has 1 fully saturated rings. The van der Waals surface area contributed by atoms with Crippen molar-refractivity contribution in [1.82, 2.24) is 4.90 Å². The highest BCUT2D eigenvalue weighted by molar-refractivity contribution is 5.90. The van der Waals surface area contributed by atoms with Crippen molar-refractivity contribution in [3.8, 4) is 0 Å². The number of nitrogens with zero attached hydrogens (tertiary/aromatic N) is 1. The minimum Gasteiger partial charge on any atom is -0.466 e. The number of nitrogens with one attached hydrogen (secondary N) is 1. The van der Waals surface area contributed by atoms with Crippen molar-refractivity contribution in [2.24, 2.45) is 5.92 Å². The van der Waals surface area contributed by atoms with Crippen LogP contribution in [-0.4, -0.2) is 36.6 Å². The second kappa shape index (κ2) is 7.29. The Morgan fingerprint density at radius 2 is 2.09 bits per heavy atom. The van der Waals surface area contributed by atoms with Gasteiger partial charge in [0.15, 0.2) is 0 Å². The number of hydrogen-bond donors (Lipinski definition) is 1. The minimum absolute atomic E-state index is 0.155. The predicted octanol–water partition coefficient (Wildman–Crippen LogP) is 3.11.